The van der Waals surface area contributed by atoms with Crippen LogP contribution < -0.4 is 4.90 Å². The molecule has 0 unspecified atom stereocenters. The number of carbonyl (C=O) groups is 1. The summed E-state index contributed by atoms with van der Waals surface area (Å²) in [5.74, 6) is -0.188. The van der Waals surface area contributed by atoms with Crippen LogP contribution in [0.5, 0.6) is 0 Å². The van der Waals surface area contributed by atoms with E-state index in [1.165, 1.54) is 23.7 Å². The molecule has 5 aromatic rings. The van der Waals surface area contributed by atoms with E-state index >= 15 is 0 Å². The lowest BCUT2D eigenvalue weighted by atomic mass is 10.1. The van der Waals surface area contributed by atoms with Crippen molar-refractivity contribution in [2.45, 2.75) is 11.4 Å². The van der Waals surface area contributed by atoms with E-state index in [0.717, 1.165) is 16.3 Å². The summed E-state index contributed by atoms with van der Waals surface area (Å²) in [4.78, 5) is 24.3. The molecule has 0 aliphatic carbocycles. The van der Waals surface area contributed by atoms with E-state index in [2.05, 4.69) is 9.97 Å². The lowest BCUT2D eigenvalue weighted by molar-refractivity contribution is 0.0985. The second-order valence-corrected chi connectivity index (χ2v) is 10.7. The lowest BCUT2D eigenvalue weighted by Gasteiger charge is -2.20. The standard InChI is InChI=1S/C25H19N3O3S2/c1-33(30,31)21-10-11-22-23(14-21)32-25(27-22)28(16-17-5-4-12-26-15-17)24(29)20-9-8-18-6-2-3-7-19(18)13-20/h2-15H,16H2,1H3. The van der Waals surface area contributed by atoms with Gasteiger partial charge < -0.3 is 0 Å². The molecule has 0 radical (unpaired) electrons. The third-order valence-electron chi connectivity index (χ3n) is 5.31. The first kappa shape index (κ1) is 21.2. The topological polar surface area (TPSA) is 80.2 Å². The highest BCUT2D eigenvalue weighted by atomic mass is 32.2. The van der Waals surface area contributed by atoms with Gasteiger partial charge in [0.2, 0.25) is 0 Å². The van der Waals surface area contributed by atoms with Gasteiger partial charge in [0.15, 0.2) is 15.0 Å². The summed E-state index contributed by atoms with van der Waals surface area (Å²) in [7, 11) is -3.34. The molecule has 2 heterocycles. The van der Waals surface area contributed by atoms with E-state index in [9.17, 15) is 13.2 Å². The SMILES string of the molecule is CS(=O)(=O)c1ccc2nc(N(Cc3cccnc3)C(=O)c3ccc4ccccc4c3)sc2c1. The van der Waals surface area contributed by atoms with Crippen LogP contribution in [0.1, 0.15) is 15.9 Å². The van der Waals surface area contributed by atoms with Crippen molar-refractivity contribution in [3.63, 3.8) is 0 Å². The predicted octanol–water partition coefficient (Wildman–Crippen LogP) is 5.10. The molecule has 0 bridgehead atoms. The Morgan fingerprint density at radius 3 is 2.55 bits per heavy atom. The van der Waals surface area contributed by atoms with Crippen LogP contribution in [0.3, 0.4) is 0 Å². The highest BCUT2D eigenvalue weighted by Gasteiger charge is 2.23. The van der Waals surface area contributed by atoms with Gasteiger partial charge in [0, 0.05) is 24.2 Å². The molecule has 5 rings (SSSR count). The highest BCUT2D eigenvalue weighted by Crippen LogP contribution is 2.32. The molecule has 0 spiro atoms. The van der Waals surface area contributed by atoms with E-state index in [4.69, 9.17) is 0 Å². The number of anilines is 1. The third kappa shape index (κ3) is 4.35. The quantitative estimate of drug-likeness (QED) is 0.355. The fraction of sp³-hybridized carbons (Fsp3) is 0.0800. The molecular formula is C25H19N3O3S2. The molecular weight excluding hydrogens is 454 g/mol. The number of fused-ring (bicyclic) bond motifs is 2. The zero-order valence-corrected chi connectivity index (χ0v) is 19.3. The first-order valence-corrected chi connectivity index (χ1v) is 12.9. The Morgan fingerprint density at radius 1 is 0.970 bits per heavy atom. The first-order chi connectivity index (χ1) is 15.9. The Kier molecular flexibility index (Phi) is 5.39. The molecule has 0 N–H and O–H groups in total. The van der Waals surface area contributed by atoms with Crippen molar-refractivity contribution in [3.05, 3.63) is 96.3 Å². The second-order valence-electron chi connectivity index (χ2n) is 7.71. The molecule has 6 nitrogen and oxygen atoms in total. The Hall–Kier alpha value is -3.62. The Balaban J connectivity index is 1.60. The van der Waals surface area contributed by atoms with Crippen LogP contribution in [0, 0.1) is 0 Å². The van der Waals surface area contributed by atoms with Crippen LogP contribution in [-0.2, 0) is 16.4 Å². The molecule has 0 atom stereocenters. The molecule has 1 amide bonds. The van der Waals surface area contributed by atoms with Gasteiger partial charge in [-0.3, -0.25) is 14.7 Å². The number of benzene rings is 3. The average molecular weight is 474 g/mol. The number of thiazole rings is 1. The number of hydrogen-bond acceptors (Lipinski definition) is 6. The predicted molar refractivity (Wildman–Crippen MR) is 131 cm³/mol. The molecule has 164 valence electrons. The number of hydrogen-bond donors (Lipinski definition) is 0. The molecule has 0 fully saturated rings. The normalized spacial score (nSPS) is 11.7. The second kappa shape index (κ2) is 8.38. The van der Waals surface area contributed by atoms with Crippen molar-refractivity contribution >= 4 is 53.2 Å². The summed E-state index contributed by atoms with van der Waals surface area (Å²) < 4.78 is 24.6. The number of rotatable bonds is 5. The summed E-state index contributed by atoms with van der Waals surface area (Å²) in [5.41, 5.74) is 2.06. The molecule has 8 heteroatoms. The molecule has 0 aliphatic heterocycles. The minimum atomic E-state index is -3.34. The number of amides is 1. The van der Waals surface area contributed by atoms with E-state index in [1.807, 2.05) is 54.6 Å². The molecule has 2 aromatic heterocycles. The highest BCUT2D eigenvalue weighted by molar-refractivity contribution is 7.90. The van der Waals surface area contributed by atoms with Gasteiger partial charge in [0.25, 0.3) is 5.91 Å². The maximum atomic E-state index is 13.7. The van der Waals surface area contributed by atoms with Crippen molar-refractivity contribution in [3.8, 4) is 0 Å². The largest absolute Gasteiger partial charge is 0.279 e. The van der Waals surface area contributed by atoms with Crippen LogP contribution in [0.25, 0.3) is 21.0 Å². The van der Waals surface area contributed by atoms with E-state index in [1.54, 1.807) is 29.4 Å². The van der Waals surface area contributed by atoms with Crippen LogP contribution in [0.15, 0.2) is 90.1 Å². The fourth-order valence-electron chi connectivity index (χ4n) is 3.62. The van der Waals surface area contributed by atoms with Gasteiger partial charge in [0.05, 0.1) is 21.7 Å². The van der Waals surface area contributed by atoms with Gasteiger partial charge in [-0.25, -0.2) is 13.4 Å². The molecule has 3 aromatic carbocycles. The molecule has 0 aliphatic rings. The monoisotopic (exact) mass is 473 g/mol. The maximum absolute atomic E-state index is 13.7. The molecule has 0 saturated heterocycles. The summed E-state index contributed by atoms with van der Waals surface area (Å²) in [6.07, 6.45) is 4.58. The Labute approximate surface area is 195 Å². The summed E-state index contributed by atoms with van der Waals surface area (Å²) in [6, 6.07) is 22.1. The number of sulfone groups is 1. The van der Waals surface area contributed by atoms with Gasteiger partial charge >= 0.3 is 0 Å². The average Bonchev–Trinajstić information content (AvgIpc) is 3.25. The Morgan fingerprint density at radius 2 is 1.79 bits per heavy atom. The number of nitrogens with zero attached hydrogens (tertiary/aromatic N) is 3. The molecule has 33 heavy (non-hydrogen) atoms. The van der Waals surface area contributed by atoms with Crippen molar-refractivity contribution < 1.29 is 13.2 Å². The van der Waals surface area contributed by atoms with E-state index < -0.39 is 9.84 Å². The third-order valence-corrected chi connectivity index (χ3v) is 7.46. The van der Waals surface area contributed by atoms with Crippen molar-refractivity contribution in [1.82, 2.24) is 9.97 Å². The summed E-state index contributed by atoms with van der Waals surface area (Å²) >= 11 is 1.29. The zero-order valence-electron chi connectivity index (χ0n) is 17.7. The van der Waals surface area contributed by atoms with Gasteiger partial charge in [-0.1, -0.05) is 47.7 Å². The van der Waals surface area contributed by atoms with Gasteiger partial charge in [-0.15, -0.1) is 0 Å². The number of aromatic nitrogens is 2. The fourth-order valence-corrected chi connectivity index (χ4v) is 5.34. The van der Waals surface area contributed by atoms with Gasteiger partial charge in [-0.05, 0) is 52.7 Å². The zero-order chi connectivity index (χ0) is 23.0. The first-order valence-electron chi connectivity index (χ1n) is 10.2. The minimum absolute atomic E-state index is 0.188. The van der Waals surface area contributed by atoms with Crippen LogP contribution in [-0.4, -0.2) is 30.5 Å². The van der Waals surface area contributed by atoms with Crippen molar-refractivity contribution in [1.29, 1.82) is 0 Å². The van der Waals surface area contributed by atoms with Crippen molar-refractivity contribution in [2.24, 2.45) is 0 Å². The number of carbonyl (C=O) groups excluding carboxylic acids is 1. The number of pyridine rings is 1. The van der Waals surface area contributed by atoms with E-state index in [0.29, 0.717) is 20.9 Å². The van der Waals surface area contributed by atoms with Crippen LogP contribution in [0.4, 0.5) is 5.13 Å². The smallest absolute Gasteiger partial charge is 0.260 e. The maximum Gasteiger partial charge on any atom is 0.260 e. The van der Waals surface area contributed by atoms with Crippen molar-refractivity contribution in [2.75, 3.05) is 11.2 Å². The summed E-state index contributed by atoms with van der Waals surface area (Å²) in [6.45, 7) is 0.290. The van der Waals surface area contributed by atoms with Gasteiger partial charge in [-0.2, -0.15) is 0 Å². The molecule has 0 saturated carbocycles. The van der Waals surface area contributed by atoms with Crippen LogP contribution >= 0.6 is 11.3 Å². The minimum Gasteiger partial charge on any atom is -0.279 e. The van der Waals surface area contributed by atoms with Gasteiger partial charge in [0.1, 0.15) is 0 Å². The lowest BCUT2D eigenvalue weighted by Crippen LogP contribution is -2.30. The van der Waals surface area contributed by atoms with E-state index in [-0.39, 0.29) is 17.3 Å². The summed E-state index contributed by atoms with van der Waals surface area (Å²) in [5, 5.41) is 2.53. The Bertz CT molecular complexity index is 1600. The van der Waals surface area contributed by atoms with Crippen LogP contribution in [0.2, 0.25) is 0 Å².